The Hall–Kier alpha value is -1.80. The smallest absolute Gasteiger partial charge is 0.123 e. The number of hydrogen-bond donors (Lipinski definition) is 0. The molecule has 114 valence electrons. The van der Waals surface area contributed by atoms with E-state index >= 15 is 0 Å². The van der Waals surface area contributed by atoms with E-state index in [1.165, 1.54) is 29.5 Å². The minimum absolute atomic E-state index is 0.264. The molecule has 0 aromatic heterocycles. The number of rotatable bonds is 2. The second-order valence-electron chi connectivity index (χ2n) is 6.83. The fourth-order valence-corrected chi connectivity index (χ4v) is 3.83. The summed E-state index contributed by atoms with van der Waals surface area (Å²) in [5.41, 5.74) is 4.45. The van der Waals surface area contributed by atoms with Crippen molar-refractivity contribution in [1.82, 2.24) is 4.90 Å². The van der Waals surface area contributed by atoms with Crippen LogP contribution in [0.4, 0.5) is 0 Å². The van der Waals surface area contributed by atoms with E-state index in [1.807, 2.05) is 0 Å². The maximum Gasteiger partial charge on any atom is 0.123 e. The van der Waals surface area contributed by atoms with Gasteiger partial charge in [0, 0.05) is 17.5 Å². The standard InChI is InChI=1S/C20H23NO/c1-16-6-8-17(9-7-16)14-21-12-10-20(11-13-21)15-22-19-5-3-2-4-18(19)20/h2-9H,10-15H2,1H3. The molecule has 0 unspecified atom stereocenters. The topological polar surface area (TPSA) is 12.5 Å². The van der Waals surface area contributed by atoms with Crippen molar-refractivity contribution in [1.29, 1.82) is 0 Å². The van der Waals surface area contributed by atoms with E-state index in [9.17, 15) is 0 Å². The van der Waals surface area contributed by atoms with Crippen LogP contribution in [-0.4, -0.2) is 24.6 Å². The van der Waals surface area contributed by atoms with Gasteiger partial charge >= 0.3 is 0 Å². The minimum atomic E-state index is 0.264. The van der Waals surface area contributed by atoms with Crippen LogP contribution in [0.1, 0.15) is 29.5 Å². The Morgan fingerprint density at radius 1 is 1.00 bits per heavy atom. The monoisotopic (exact) mass is 293 g/mol. The summed E-state index contributed by atoms with van der Waals surface area (Å²) in [6.07, 6.45) is 2.41. The molecule has 2 aliphatic rings. The molecule has 1 spiro atoms. The Labute approximate surface area is 132 Å². The lowest BCUT2D eigenvalue weighted by molar-refractivity contribution is 0.130. The fraction of sp³-hybridized carbons (Fsp3) is 0.400. The molecule has 2 heteroatoms. The van der Waals surface area contributed by atoms with E-state index in [4.69, 9.17) is 4.74 Å². The van der Waals surface area contributed by atoms with E-state index in [2.05, 4.69) is 60.4 Å². The van der Waals surface area contributed by atoms with Crippen LogP contribution in [0, 0.1) is 6.92 Å². The Balaban J connectivity index is 1.44. The number of para-hydroxylation sites is 1. The quantitative estimate of drug-likeness (QED) is 0.832. The van der Waals surface area contributed by atoms with Crippen molar-refractivity contribution in [2.24, 2.45) is 0 Å². The van der Waals surface area contributed by atoms with Crippen LogP contribution in [0.5, 0.6) is 5.75 Å². The lowest BCUT2D eigenvalue weighted by atomic mass is 9.74. The van der Waals surface area contributed by atoms with Crippen LogP contribution in [0.2, 0.25) is 0 Å². The van der Waals surface area contributed by atoms with E-state index < -0.39 is 0 Å². The zero-order valence-corrected chi connectivity index (χ0v) is 13.2. The first-order valence-corrected chi connectivity index (χ1v) is 8.25. The second kappa shape index (κ2) is 5.44. The molecule has 1 fully saturated rings. The lowest BCUT2D eigenvalue weighted by Gasteiger charge is -2.38. The van der Waals surface area contributed by atoms with Crippen molar-refractivity contribution in [2.45, 2.75) is 31.7 Å². The van der Waals surface area contributed by atoms with E-state index in [1.54, 1.807) is 0 Å². The van der Waals surface area contributed by atoms with Crippen molar-refractivity contribution < 1.29 is 4.74 Å². The second-order valence-corrected chi connectivity index (χ2v) is 6.83. The average Bonchev–Trinajstić information content (AvgIpc) is 2.91. The first kappa shape index (κ1) is 13.8. The Morgan fingerprint density at radius 2 is 1.73 bits per heavy atom. The number of benzene rings is 2. The van der Waals surface area contributed by atoms with E-state index in [0.717, 1.165) is 32.0 Å². The van der Waals surface area contributed by atoms with Gasteiger partial charge in [-0.25, -0.2) is 0 Å². The third kappa shape index (κ3) is 2.42. The third-order valence-electron chi connectivity index (χ3n) is 5.30. The highest BCUT2D eigenvalue weighted by atomic mass is 16.5. The van der Waals surface area contributed by atoms with Gasteiger partial charge in [-0.15, -0.1) is 0 Å². The molecule has 4 rings (SSSR count). The summed E-state index contributed by atoms with van der Waals surface area (Å²) in [5.74, 6) is 1.11. The molecule has 2 nitrogen and oxygen atoms in total. The van der Waals surface area contributed by atoms with Crippen LogP contribution in [0.25, 0.3) is 0 Å². The number of nitrogens with zero attached hydrogens (tertiary/aromatic N) is 1. The van der Waals surface area contributed by atoms with Crippen molar-refractivity contribution in [3.8, 4) is 5.75 Å². The number of hydrogen-bond acceptors (Lipinski definition) is 2. The Kier molecular flexibility index (Phi) is 3.42. The van der Waals surface area contributed by atoms with Crippen LogP contribution >= 0.6 is 0 Å². The summed E-state index contributed by atoms with van der Waals surface area (Å²) in [7, 11) is 0. The molecule has 2 aromatic rings. The average molecular weight is 293 g/mol. The van der Waals surface area contributed by atoms with Crippen molar-refractivity contribution in [3.63, 3.8) is 0 Å². The summed E-state index contributed by atoms with van der Waals surface area (Å²) in [4.78, 5) is 2.58. The number of aryl methyl sites for hydroxylation is 1. The van der Waals surface area contributed by atoms with Gasteiger partial charge < -0.3 is 4.74 Å². The van der Waals surface area contributed by atoms with Gasteiger partial charge in [0.05, 0.1) is 6.61 Å². The van der Waals surface area contributed by atoms with Gasteiger partial charge in [-0.3, -0.25) is 4.90 Å². The minimum Gasteiger partial charge on any atom is -0.492 e. The highest BCUT2D eigenvalue weighted by molar-refractivity contribution is 5.44. The van der Waals surface area contributed by atoms with E-state index in [-0.39, 0.29) is 5.41 Å². The molecular formula is C20H23NO. The molecular weight excluding hydrogens is 270 g/mol. The van der Waals surface area contributed by atoms with E-state index in [0.29, 0.717) is 0 Å². The largest absolute Gasteiger partial charge is 0.492 e. The molecule has 22 heavy (non-hydrogen) atoms. The van der Waals surface area contributed by atoms with Crippen molar-refractivity contribution in [2.75, 3.05) is 19.7 Å². The fourth-order valence-electron chi connectivity index (χ4n) is 3.83. The van der Waals surface area contributed by atoms with Gasteiger partial charge in [0.1, 0.15) is 5.75 Å². The summed E-state index contributed by atoms with van der Waals surface area (Å²) in [6, 6.07) is 17.5. The molecule has 1 saturated heterocycles. The predicted octanol–water partition coefficient (Wildman–Crippen LogP) is 3.92. The van der Waals surface area contributed by atoms with Crippen molar-refractivity contribution >= 4 is 0 Å². The molecule has 0 aliphatic carbocycles. The molecule has 2 aromatic carbocycles. The molecule has 2 aliphatic heterocycles. The molecule has 0 N–H and O–H groups in total. The van der Waals surface area contributed by atoms with Crippen molar-refractivity contribution in [3.05, 3.63) is 65.2 Å². The van der Waals surface area contributed by atoms with Crippen LogP contribution in [0.3, 0.4) is 0 Å². The summed E-state index contributed by atoms with van der Waals surface area (Å²) < 4.78 is 5.94. The summed E-state index contributed by atoms with van der Waals surface area (Å²) in [5, 5.41) is 0. The van der Waals surface area contributed by atoms with Crippen LogP contribution in [0.15, 0.2) is 48.5 Å². The first-order chi connectivity index (χ1) is 10.8. The first-order valence-electron chi connectivity index (χ1n) is 8.25. The molecule has 0 amide bonds. The molecule has 0 radical (unpaired) electrons. The predicted molar refractivity (Wildman–Crippen MR) is 89.3 cm³/mol. The van der Waals surface area contributed by atoms with Gasteiger partial charge in [0.25, 0.3) is 0 Å². The third-order valence-corrected chi connectivity index (χ3v) is 5.30. The normalized spacial score (nSPS) is 19.9. The highest BCUT2D eigenvalue weighted by Crippen LogP contribution is 2.45. The summed E-state index contributed by atoms with van der Waals surface area (Å²) >= 11 is 0. The molecule has 2 heterocycles. The number of piperidine rings is 1. The number of likely N-dealkylation sites (tertiary alicyclic amines) is 1. The van der Waals surface area contributed by atoms with Gasteiger partial charge in [-0.1, -0.05) is 48.0 Å². The zero-order chi connectivity index (χ0) is 15.0. The van der Waals surface area contributed by atoms with Gasteiger partial charge in [0.2, 0.25) is 0 Å². The van der Waals surface area contributed by atoms with Crippen LogP contribution in [-0.2, 0) is 12.0 Å². The molecule has 0 saturated carbocycles. The SMILES string of the molecule is Cc1ccc(CN2CCC3(CC2)COc2ccccc23)cc1. The Bertz CT molecular complexity index is 654. The maximum atomic E-state index is 5.94. The molecule has 0 bridgehead atoms. The lowest BCUT2D eigenvalue weighted by Crippen LogP contribution is -2.43. The number of fused-ring (bicyclic) bond motifs is 2. The summed E-state index contributed by atoms with van der Waals surface area (Å²) in [6.45, 7) is 6.40. The zero-order valence-electron chi connectivity index (χ0n) is 13.2. The highest BCUT2D eigenvalue weighted by Gasteiger charge is 2.42. The Morgan fingerprint density at radius 3 is 2.50 bits per heavy atom. The van der Waals surface area contributed by atoms with Gasteiger partial charge in [-0.05, 0) is 44.5 Å². The molecule has 0 atom stereocenters. The van der Waals surface area contributed by atoms with Crippen LogP contribution < -0.4 is 4.74 Å². The maximum absolute atomic E-state index is 5.94. The number of ether oxygens (including phenoxy) is 1. The van der Waals surface area contributed by atoms with Gasteiger partial charge in [0.15, 0.2) is 0 Å². The van der Waals surface area contributed by atoms with Gasteiger partial charge in [-0.2, -0.15) is 0 Å².